The average molecular weight is 1810 g/mol. The van der Waals surface area contributed by atoms with Crippen molar-refractivity contribution in [2.45, 2.75) is 222 Å². The number of anilines is 2. The molecule has 4 heterocycles. The Morgan fingerprint density at radius 2 is 0.729 bits per heavy atom. The third-order valence-electron chi connectivity index (χ3n) is 21.3. The van der Waals surface area contributed by atoms with Gasteiger partial charge in [0, 0.05) is 60.2 Å². The van der Waals surface area contributed by atoms with E-state index in [0.29, 0.717) is 11.8 Å². The molecule has 0 spiro atoms. The van der Waals surface area contributed by atoms with Crippen molar-refractivity contribution in [2.24, 2.45) is 35.5 Å². The van der Waals surface area contributed by atoms with Crippen LogP contribution in [0.15, 0.2) is 127 Å². The van der Waals surface area contributed by atoms with Crippen molar-refractivity contribution in [2.75, 3.05) is 76.3 Å². The first-order valence-corrected chi connectivity index (χ1v) is 43.2. The van der Waals surface area contributed by atoms with Gasteiger partial charge in [0.15, 0.2) is 25.2 Å². The molecule has 35 heteroatoms. The second kappa shape index (κ2) is 53.5. The van der Waals surface area contributed by atoms with Gasteiger partial charge in [-0.15, -0.1) is 0 Å². The average Bonchev–Trinajstić information content (AvgIpc) is 0.767. The molecule has 1 aliphatic carbocycles. The topological polar surface area (TPSA) is 563 Å². The maximum absolute atomic E-state index is 10.9. The number of carbonyl (C=O) groups excluding carboxylic acids is 2. The van der Waals surface area contributed by atoms with Crippen LogP contribution in [-0.2, 0) is 42.7 Å². The van der Waals surface area contributed by atoms with Crippen LogP contribution in [0.1, 0.15) is 85.6 Å². The number of benzene rings is 6. The minimum absolute atomic E-state index is 0. The molecule has 658 valence electrons. The van der Waals surface area contributed by atoms with E-state index in [1.54, 1.807) is 0 Å². The molecule has 0 aromatic heterocycles. The van der Waals surface area contributed by atoms with E-state index in [0.717, 1.165) is 77.5 Å². The van der Waals surface area contributed by atoms with Crippen molar-refractivity contribution in [1.29, 1.82) is 0 Å². The molecule has 28 atom stereocenters. The third kappa shape index (κ3) is 32.7. The number of ether oxygens (including phenoxy) is 7. The van der Waals surface area contributed by atoms with E-state index in [9.17, 15) is 91.3 Å². The molecular weight excluding hydrogens is 1680 g/mol. The van der Waals surface area contributed by atoms with Crippen LogP contribution in [0.5, 0.6) is 0 Å². The van der Waals surface area contributed by atoms with Crippen LogP contribution < -0.4 is 106 Å². The Labute approximate surface area is 737 Å². The van der Waals surface area contributed by atoms with Gasteiger partial charge in [0.2, 0.25) is 0 Å². The number of aldehydes is 2. The van der Waals surface area contributed by atoms with E-state index >= 15 is 0 Å². The van der Waals surface area contributed by atoms with Crippen molar-refractivity contribution in [1.82, 2.24) is 10.6 Å². The van der Waals surface area contributed by atoms with Crippen molar-refractivity contribution in [3.05, 3.63) is 133 Å². The number of aliphatic hydroxyl groups is 16. The number of aliphatic hydroxyl groups excluding tert-OH is 16. The Morgan fingerprint density at radius 3 is 1.10 bits per heavy atom. The molecule has 4 aliphatic heterocycles. The van der Waals surface area contributed by atoms with Crippen molar-refractivity contribution in [3.8, 4) is 0 Å². The van der Waals surface area contributed by atoms with Gasteiger partial charge in [0.05, 0.1) is 38.6 Å². The van der Waals surface area contributed by atoms with Gasteiger partial charge in [-0.05, 0) is 121 Å². The maximum atomic E-state index is 10.9. The number of fused-ring (bicyclic) bond motifs is 3. The number of hydrogen-bond donors (Lipinski definition) is 20. The second-order valence-electron chi connectivity index (χ2n) is 30.7. The van der Waals surface area contributed by atoms with Crippen LogP contribution in [0, 0.1) is 42.4 Å². The molecule has 6 aromatic rings. The van der Waals surface area contributed by atoms with Crippen LogP contribution in [0.2, 0.25) is 0 Å². The summed E-state index contributed by atoms with van der Waals surface area (Å²) in [6.07, 6.45) is -28.2. The molecule has 11 rings (SSSR count). The van der Waals surface area contributed by atoms with Gasteiger partial charge in [0.25, 0.3) is 0 Å². The number of nitrogens with one attached hydrogen (secondary N) is 4. The SMILES string of the molecule is CC(C=O)CCC(C)C=O.CC(CCC(C)CNCCNc1cccc2ccccc12)CNCCNc1cccc2ccccc12.CC1CCC(C)C(O)C1O.Cc1cccc2ccccc12.OCC1O[C@@H](O[C@H]2C(O)C(O)[C@H](O[C@@H]3C(CO)O[C@@H](O[C@H]4C(O)C(O)[C@H](O)O[C@H]4CO)C(O)[C@H]3O)O[C@H]2CO)C(O)[C@@H](O)[C@@H]1O.[K+].[O-][I+3]([O-])([O-])[O-]. The molecule has 0 radical (unpaired) electrons. The van der Waals surface area contributed by atoms with Crippen LogP contribution in [-0.4, -0.2) is 295 Å². The Balaban J connectivity index is 0.000000296. The molecule has 33 nitrogen and oxygen atoms in total. The zero-order valence-electron chi connectivity index (χ0n) is 68.1. The summed E-state index contributed by atoms with van der Waals surface area (Å²) in [7, 11) is 0. The summed E-state index contributed by atoms with van der Waals surface area (Å²) in [5.41, 5.74) is 3.79. The molecular formula is C83H124IKN4O29. The first-order chi connectivity index (χ1) is 55.7. The van der Waals surface area contributed by atoms with Crippen molar-refractivity contribution < 1.29 is 210 Å². The third-order valence-corrected chi connectivity index (χ3v) is 21.3. The van der Waals surface area contributed by atoms with Gasteiger partial charge in [-0.1, -0.05) is 157 Å². The zero-order valence-corrected chi connectivity index (χ0v) is 73.4. The molecule has 20 N–H and O–H groups in total. The van der Waals surface area contributed by atoms with Gasteiger partial charge in [-0.25, -0.2) is 0 Å². The normalized spacial score (nSPS) is 31.1. The molecule has 5 aliphatic rings. The first-order valence-electron chi connectivity index (χ1n) is 39.7. The van der Waals surface area contributed by atoms with Crippen LogP contribution in [0.3, 0.4) is 0 Å². The fraction of sp³-hybridized carbons (Fsp3) is 0.614. The van der Waals surface area contributed by atoms with Gasteiger partial charge >= 0.3 is 51.4 Å². The Bertz CT molecular complexity index is 3640. The molecule has 0 bridgehead atoms. The van der Waals surface area contributed by atoms with Crippen molar-refractivity contribution in [3.63, 3.8) is 0 Å². The molecule has 16 unspecified atom stereocenters. The molecule has 1 saturated carbocycles. The second-order valence-corrected chi connectivity index (χ2v) is 32.9. The van der Waals surface area contributed by atoms with Crippen LogP contribution in [0.4, 0.5) is 11.4 Å². The number of halogens is 1. The van der Waals surface area contributed by atoms with Crippen LogP contribution in [0.25, 0.3) is 32.3 Å². The van der Waals surface area contributed by atoms with E-state index in [-0.39, 0.29) is 75.1 Å². The largest absolute Gasteiger partial charge is 1.00 e. The minimum atomic E-state index is -5.94. The molecule has 6 aromatic carbocycles. The molecule has 118 heavy (non-hydrogen) atoms. The number of carbonyl (C=O) groups is 2. The van der Waals surface area contributed by atoms with Crippen molar-refractivity contribution >= 4 is 56.3 Å². The van der Waals surface area contributed by atoms with E-state index in [1.807, 2.05) is 27.7 Å². The predicted molar refractivity (Wildman–Crippen MR) is 420 cm³/mol. The molecule has 0 amide bonds. The van der Waals surface area contributed by atoms with Crippen LogP contribution >= 0.6 is 0 Å². The first kappa shape index (κ1) is 105. The Kier molecular flexibility index (Phi) is 47.5. The van der Waals surface area contributed by atoms with Gasteiger partial charge in [0.1, 0.15) is 130 Å². The summed E-state index contributed by atoms with van der Waals surface area (Å²) in [4.78, 5) is 20.2. The fourth-order valence-electron chi connectivity index (χ4n) is 13.9. The predicted octanol–water partition coefficient (Wildman–Crippen LogP) is -8.39. The molecule has 5 fully saturated rings. The Morgan fingerprint density at radius 1 is 0.407 bits per heavy atom. The fourth-order valence-corrected chi connectivity index (χ4v) is 13.9. The van der Waals surface area contributed by atoms with E-state index in [4.69, 9.17) is 46.9 Å². The smallest absolute Gasteiger partial charge is 0.394 e. The van der Waals surface area contributed by atoms with E-state index in [1.165, 1.54) is 62.1 Å². The monoisotopic (exact) mass is 1810 g/mol. The van der Waals surface area contributed by atoms with E-state index in [2.05, 4.69) is 169 Å². The summed E-state index contributed by atoms with van der Waals surface area (Å²) in [6, 6.07) is 44.8. The quantitative estimate of drug-likeness (QED) is 0.00862. The Hall–Kier alpha value is -3.75. The minimum Gasteiger partial charge on any atom is -0.394 e. The number of aryl methyl sites for hydroxylation is 1. The van der Waals surface area contributed by atoms with Gasteiger partial charge in [-0.3, -0.25) is 13.7 Å². The summed E-state index contributed by atoms with van der Waals surface area (Å²) < 4.78 is 72.2. The summed E-state index contributed by atoms with van der Waals surface area (Å²) in [5, 5.41) is 183. The maximum Gasteiger partial charge on any atom is 1.00 e. The number of rotatable bonds is 30. The van der Waals surface area contributed by atoms with E-state index < -0.39 is 182 Å². The zero-order chi connectivity index (χ0) is 86.2. The standard InChI is InChI=1S/C32H42N4.C24H42O21.C11H10.C8H16O2.C8H14O2.IO4.K/c1-25(23-33-19-21-35-31-15-7-11-27-9-3-5-13-29(27)31)17-18-26(2)24-34-20-22-36-32-16-8-12-28-10-4-6-14-30(28)32;25-1-5-9(29)10(30)15(35)22(40-5)44-19-7(3-27)42-24(17(37)12(19)32)45-20-8(4-28)41-23(16(36)13(20)33)43-18-6(2-26)39-21(38)14(34)11(18)31;1-9-5-4-7-10-6-2-3-8-11(9)10;1-5-3-4-6(2)8(10)7(5)9;1-7(5-9)3-4-8(2)6-10;2-1(3,4)5;/h3-16,25-26,33-36H,17-24H2,1-2H3;5-38H,1-4H2;2-8H,1H3;5-10H,3-4H2,1-2H3;5-8H,3-4H2,1-2H3;;/q;;;;;-1;+1/t;5?,6-,7-,8?,9+,10-,11?,12?,13+,14?,15?,16?,17?,18+,19+,20+,21+,22-,23-,24-;;;;;/m.0...../s1. The summed E-state index contributed by atoms with van der Waals surface area (Å²) in [6.45, 7) is 17.2. The van der Waals surface area contributed by atoms with Gasteiger partial charge in [-0.2, -0.15) is 0 Å². The summed E-state index contributed by atoms with van der Waals surface area (Å²) >= 11 is -5.94. The summed E-state index contributed by atoms with van der Waals surface area (Å²) in [5.74, 6) is 2.12. The molecule has 4 saturated heterocycles. The number of hydrogen-bond acceptors (Lipinski definition) is 33. The van der Waals surface area contributed by atoms with Gasteiger partial charge < -0.3 is 146 Å².